The molecule has 0 aliphatic carbocycles. The van der Waals surface area contributed by atoms with Crippen LogP contribution in [-0.2, 0) is 13.2 Å². The third-order valence-electron chi connectivity index (χ3n) is 2.73. The maximum Gasteiger partial charge on any atom is 0.172 e. The van der Waals surface area contributed by atoms with Crippen molar-refractivity contribution < 1.29 is 9.53 Å². The van der Waals surface area contributed by atoms with Crippen LogP contribution in [0.15, 0.2) is 18.5 Å². The Morgan fingerprint density at radius 3 is 2.90 bits per heavy atom. The fourth-order valence-corrected chi connectivity index (χ4v) is 1.81. The summed E-state index contributed by atoms with van der Waals surface area (Å²) < 4.78 is 7.44. The van der Waals surface area contributed by atoms with Gasteiger partial charge in [0, 0.05) is 12.2 Å². The zero-order valence-corrected chi connectivity index (χ0v) is 11.9. The van der Waals surface area contributed by atoms with E-state index in [0.29, 0.717) is 23.6 Å². The molecule has 0 fully saturated rings. The zero-order valence-electron chi connectivity index (χ0n) is 11.9. The molecule has 0 atom stereocenters. The molecule has 20 heavy (non-hydrogen) atoms. The van der Waals surface area contributed by atoms with Crippen molar-refractivity contribution >= 4 is 6.29 Å². The topological polar surface area (TPSA) is 69.9 Å². The minimum Gasteiger partial charge on any atom is -0.483 e. The SMILES string of the molecule is Cc1ccc(OCc2ncnn2CC(C)C)c(C=O)n1. The first kappa shape index (κ1) is 14.2. The molecule has 0 aromatic carbocycles. The molecule has 0 aliphatic rings. The Bertz CT molecular complexity index is 593. The van der Waals surface area contributed by atoms with E-state index in [4.69, 9.17) is 4.74 Å². The van der Waals surface area contributed by atoms with E-state index >= 15 is 0 Å². The van der Waals surface area contributed by atoms with E-state index in [1.807, 2.05) is 11.6 Å². The van der Waals surface area contributed by atoms with Crippen molar-refractivity contribution in [2.45, 2.75) is 33.9 Å². The van der Waals surface area contributed by atoms with E-state index in [1.54, 1.807) is 12.1 Å². The second-order valence-corrected chi connectivity index (χ2v) is 4.99. The Kier molecular flexibility index (Phi) is 4.45. The summed E-state index contributed by atoms with van der Waals surface area (Å²) in [6.07, 6.45) is 2.20. The number of ether oxygens (including phenoxy) is 1. The quantitative estimate of drug-likeness (QED) is 0.754. The molecule has 0 radical (unpaired) electrons. The number of carbonyl (C=O) groups is 1. The first-order valence-electron chi connectivity index (χ1n) is 6.52. The van der Waals surface area contributed by atoms with Crippen LogP contribution in [0.1, 0.15) is 35.9 Å². The number of nitrogens with zero attached hydrogens (tertiary/aromatic N) is 4. The molecule has 0 unspecified atom stereocenters. The fourth-order valence-electron chi connectivity index (χ4n) is 1.81. The molecule has 6 nitrogen and oxygen atoms in total. The lowest BCUT2D eigenvalue weighted by Gasteiger charge is -2.10. The van der Waals surface area contributed by atoms with Crippen LogP contribution in [-0.4, -0.2) is 26.0 Å². The van der Waals surface area contributed by atoms with Gasteiger partial charge in [-0.25, -0.2) is 14.6 Å². The number of rotatable bonds is 6. The molecule has 106 valence electrons. The molecular weight excluding hydrogens is 256 g/mol. The number of hydrogen-bond donors (Lipinski definition) is 0. The van der Waals surface area contributed by atoms with Crippen LogP contribution in [0.25, 0.3) is 0 Å². The number of hydrogen-bond acceptors (Lipinski definition) is 5. The third-order valence-corrected chi connectivity index (χ3v) is 2.73. The van der Waals surface area contributed by atoms with Gasteiger partial charge in [-0.05, 0) is 25.0 Å². The van der Waals surface area contributed by atoms with Crippen molar-refractivity contribution in [3.8, 4) is 5.75 Å². The number of aldehydes is 1. The lowest BCUT2D eigenvalue weighted by atomic mass is 10.2. The summed E-state index contributed by atoms with van der Waals surface area (Å²) in [5, 5.41) is 4.17. The lowest BCUT2D eigenvalue weighted by Crippen LogP contribution is -2.12. The highest BCUT2D eigenvalue weighted by Gasteiger charge is 2.09. The lowest BCUT2D eigenvalue weighted by molar-refractivity contribution is 0.111. The number of carbonyl (C=O) groups excluding carboxylic acids is 1. The van der Waals surface area contributed by atoms with E-state index in [-0.39, 0.29) is 6.61 Å². The number of aryl methyl sites for hydroxylation is 1. The highest BCUT2D eigenvalue weighted by molar-refractivity contribution is 5.76. The smallest absolute Gasteiger partial charge is 0.172 e. The van der Waals surface area contributed by atoms with Crippen molar-refractivity contribution in [3.63, 3.8) is 0 Å². The zero-order chi connectivity index (χ0) is 14.5. The van der Waals surface area contributed by atoms with Gasteiger partial charge in [-0.1, -0.05) is 13.8 Å². The second kappa shape index (κ2) is 6.27. The van der Waals surface area contributed by atoms with Gasteiger partial charge in [0.1, 0.15) is 24.4 Å². The van der Waals surface area contributed by atoms with Crippen molar-refractivity contribution in [1.29, 1.82) is 0 Å². The van der Waals surface area contributed by atoms with Crippen molar-refractivity contribution in [2.75, 3.05) is 0 Å². The molecule has 2 heterocycles. The normalized spacial score (nSPS) is 10.8. The Hall–Kier alpha value is -2.24. The molecule has 6 heteroatoms. The maximum absolute atomic E-state index is 11.0. The summed E-state index contributed by atoms with van der Waals surface area (Å²) >= 11 is 0. The molecule has 0 saturated heterocycles. The first-order chi connectivity index (χ1) is 9.60. The van der Waals surface area contributed by atoms with E-state index in [9.17, 15) is 4.79 Å². The fraction of sp³-hybridized carbons (Fsp3) is 0.429. The predicted molar refractivity (Wildman–Crippen MR) is 73.6 cm³/mol. The standard InChI is InChI=1S/C14H18N4O2/c1-10(2)6-18-14(15-9-16-18)8-20-13-5-4-11(3)17-12(13)7-19/h4-5,7,9-10H,6,8H2,1-3H3. The molecule has 0 spiro atoms. The maximum atomic E-state index is 11.0. The molecule has 2 rings (SSSR count). The summed E-state index contributed by atoms with van der Waals surface area (Å²) in [5.74, 6) is 1.67. The minimum absolute atomic E-state index is 0.262. The molecule has 0 N–H and O–H groups in total. The van der Waals surface area contributed by atoms with Gasteiger partial charge in [0.25, 0.3) is 0 Å². The van der Waals surface area contributed by atoms with Crippen LogP contribution < -0.4 is 4.74 Å². The molecular formula is C14H18N4O2. The van der Waals surface area contributed by atoms with Crippen LogP contribution in [0.2, 0.25) is 0 Å². The van der Waals surface area contributed by atoms with Crippen LogP contribution in [0.4, 0.5) is 0 Å². The summed E-state index contributed by atoms with van der Waals surface area (Å²) in [6, 6.07) is 3.55. The van der Waals surface area contributed by atoms with Crippen LogP contribution in [0.3, 0.4) is 0 Å². The Morgan fingerprint density at radius 2 is 2.20 bits per heavy atom. The highest BCUT2D eigenvalue weighted by atomic mass is 16.5. The number of pyridine rings is 1. The summed E-state index contributed by atoms with van der Waals surface area (Å²) in [6.45, 7) is 7.10. The number of aromatic nitrogens is 4. The Morgan fingerprint density at radius 1 is 1.40 bits per heavy atom. The minimum atomic E-state index is 0.262. The molecule has 2 aromatic rings. The van der Waals surface area contributed by atoms with E-state index in [2.05, 4.69) is 28.9 Å². The summed E-state index contributed by atoms with van der Waals surface area (Å²) in [5.41, 5.74) is 1.09. The highest BCUT2D eigenvalue weighted by Crippen LogP contribution is 2.16. The van der Waals surface area contributed by atoms with E-state index in [1.165, 1.54) is 6.33 Å². The van der Waals surface area contributed by atoms with Crippen LogP contribution in [0.5, 0.6) is 5.75 Å². The molecule has 0 saturated carbocycles. The van der Waals surface area contributed by atoms with Gasteiger partial charge >= 0.3 is 0 Å². The van der Waals surface area contributed by atoms with Gasteiger partial charge in [0.2, 0.25) is 0 Å². The van der Waals surface area contributed by atoms with Gasteiger partial charge in [-0.3, -0.25) is 4.79 Å². The molecule has 0 aliphatic heterocycles. The van der Waals surface area contributed by atoms with Gasteiger partial charge in [-0.2, -0.15) is 5.10 Å². The average Bonchev–Trinajstić information content (AvgIpc) is 2.83. The summed E-state index contributed by atoms with van der Waals surface area (Å²) in [4.78, 5) is 19.3. The molecule has 0 bridgehead atoms. The summed E-state index contributed by atoms with van der Waals surface area (Å²) in [7, 11) is 0. The van der Waals surface area contributed by atoms with Crippen molar-refractivity contribution in [3.05, 3.63) is 35.7 Å². The molecule has 0 amide bonds. The van der Waals surface area contributed by atoms with Crippen LogP contribution >= 0.6 is 0 Å². The van der Waals surface area contributed by atoms with Crippen molar-refractivity contribution in [2.24, 2.45) is 5.92 Å². The van der Waals surface area contributed by atoms with Crippen LogP contribution in [0, 0.1) is 12.8 Å². The average molecular weight is 274 g/mol. The largest absolute Gasteiger partial charge is 0.483 e. The van der Waals surface area contributed by atoms with Gasteiger partial charge in [0.05, 0.1) is 0 Å². The Labute approximate surface area is 117 Å². The first-order valence-corrected chi connectivity index (χ1v) is 6.52. The van der Waals surface area contributed by atoms with Gasteiger partial charge < -0.3 is 4.74 Å². The van der Waals surface area contributed by atoms with Crippen molar-refractivity contribution in [1.82, 2.24) is 19.7 Å². The van der Waals surface area contributed by atoms with E-state index < -0.39 is 0 Å². The monoisotopic (exact) mass is 274 g/mol. The van der Waals surface area contributed by atoms with Gasteiger partial charge in [-0.15, -0.1) is 0 Å². The Balaban J connectivity index is 2.09. The second-order valence-electron chi connectivity index (χ2n) is 4.99. The third kappa shape index (κ3) is 3.40. The van der Waals surface area contributed by atoms with Gasteiger partial charge in [0.15, 0.2) is 12.1 Å². The van der Waals surface area contributed by atoms with E-state index in [0.717, 1.165) is 18.1 Å². The predicted octanol–water partition coefficient (Wildman–Crippen LogP) is 2.03. The molecule has 2 aromatic heterocycles.